The fourth-order valence-corrected chi connectivity index (χ4v) is 5.47. The van der Waals surface area contributed by atoms with Crippen molar-refractivity contribution in [3.8, 4) is 34.5 Å². The fourth-order valence-electron chi connectivity index (χ4n) is 5.47. The highest BCUT2D eigenvalue weighted by atomic mass is 16.7. The highest BCUT2D eigenvalue weighted by Crippen LogP contribution is 2.53. The number of hydrogen-bond donors (Lipinski definition) is 7. The number of rotatable bonds is 11. The summed E-state index contributed by atoms with van der Waals surface area (Å²) in [6, 6.07) is 6.22. The SMILES string of the molecule is COc1cc([C@H]2O[C@H](c3cc(OC)c(O)c(OC)c3)[C@@H](CO[C@@H]3O[C@H](CO)[C@@H](O)[C@H](O)[C@H]3O)[C@H]2CO)cc(OC)c1O. The first kappa shape index (κ1) is 31.8. The van der Waals surface area contributed by atoms with Gasteiger partial charge in [-0.1, -0.05) is 0 Å². The van der Waals surface area contributed by atoms with Crippen LogP contribution in [-0.2, 0) is 14.2 Å². The molecule has 2 aliphatic heterocycles. The largest absolute Gasteiger partial charge is 0.502 e. The highest BCUT2D eigenvalue weighted by molar-refractivity contribution is 5.55. The molecule has 0 radical (unpaired) electrons. The Hall–Kier alpha value is -3.08. The van der Waals surface area contributed by atoms with Crippen LogP contribution in [0.25, 0.3) is 0 Å². The summed E-state index contributed by atoms with van der Waals surface area (Å²) >= 11 is 0. The van der Waals surface area contributed by atoms with Crippen LogP contribution in [0.5, 0.6) is 34.5 Å². The molecule has 0 aromatic heterocycles. The van der Waals surface area contributed by atoms with Crippen molar-refractivity contribution in [3.63, 3.8) is 0 Å². The number of aliphatic hydroxyl groups excluding tert-OH is 5. The highest BCUT2D eigenvalue weighted by Gasteiger charge is 2.49. The topological polar surface area (TPSA) is 206 Å². The molecule has 42 heavy (non-hydrogen) atoms. The van der Waals surface area contributed by atoms with Crippen molar-refractivity contribution in [2.24, 2.45) is 11.8 Å². The lowest BCUT2D eigenvalue weighted by Crippen LogP contribution is -2.59. The molecule has 7 N–H and O–H groups in total. The van der Waals surface area contributed by atoms with Crippen molar-refractivity contribution in [2.75, 3.05) is 48.3 Å². The van der Waals surface area contributed by atoms with Crippen molar-refractivity contribution in [1.82, 2.24) is 0 Å². The molecular formula is C28H38O14. The van der Waals surface area contributed by atoms with E-state index in [0.29, 0.717) is 11.1 Å². The monoisotopic (exact) mass is 598 g/mol. The van der Waals surface area contributed by atoms with Gasteiger partial charge in [0.05, 0.1) is 53.9 Å². The van der Waals surface area contributed by atoms with Gasteiger partial charge in [0.15, 0.2) is 29.3 Å². The molecule has 14 heteroatoms. The van der Waals surface area contributed by atoms with Crippen molar-refractivity contribution in [3.05, 3.63) is 35.4 Å². The lowest BCUT2D eigenvalue weighted by atomic mass is 9.83. The summed E-state index contributed by atoms with van der Waals surface area (Å²) in [5.74, 6) is -1.27. The minimum Gasteiger partial charge on any atom is -0.502 e. The molecule has 2 saturated heterocycles. The van der Waals surface area contributed by atoms with Gasteiger partial charge in [0, 0.05) is 18.4 Å². The molecule has 9 atom stereocenters. The number of hydrogen-bond acceptors (Lipinski definition) is 14. The van der Waals surface area contributed by atoms with Gasteiger partial charge in [-0.2, -0.15) is 0 Å². The molecule has 0 aliphatic carbocycles. The van der Waals surface area contributed by atoms with Gasteiger partial charge in [-0.25, -0.2) is 0 Å². The van der Waals surface area contributed by atoms with Crippen LogP contribution in [0.15, 0.2) is 24.3 Å². The predicted octanol–water partition coefficient (Wildman–Crippen LogP) is -0.0140. The molecular weight excluding hydrogens is 560 g/mol. The Balaban J connectivity index is 1.74. The third-order valence-corrected chi connectivity index (χ3v) is 7.79. The quantitative estimate of drug-likeness (QED) is 0.182. The van der Waals surface area contributed by atoms with E-state index in [1.807, 2.05) is 0 Å². The molecule has 2 aliphatic rings. The fraction of sp³-hybridized carbons (Fsp3) is 0.571. The van der Waals surface area contributed by atoms with E-state index < -0.39 is 61.4 Å². The second-order valence-corrected chi connectivity index (χ2v) is 10.1. The minimum atomic E-state index is -1.64. The van der Waals surface area contributed by atoms with Gasteiger partial charge in [-0.3, -0.25) is 0 Å². The standard InChI is InChI=1S/C28H38O14/c1-36-16-5-12(6-17(37-2)21(16)31)26-14(9-29)15(11-40-28-25(35)24(34)23(33)20(10-30)41-28)27(42-26)13-7-18(38-3)22(32)19(8-13)39-4/h5-8,14-15,20,23-35H,9-11H2,1-4H3/t14-,15+,20-,23-,24+,25-,26-,27-,28-/m1/s1. The molecule has 2 aromatic rings. The Morgan fingerprint density at radius 2 is 1.07 bits per heavy atom. The lowest BCUT2D eigenvalue weighted by molar-refractivity contribution is -0.304. The van der Waals surface area contributed by atoms with Crippen LogP contribution in [-0.4, -0.2) is 115 Å². The normalized spacial score (nSPS) is 31.1. The summed E-state index contributed by atoms with van der Waals surface area (Å²) in [6.45, 7) is -1.20. The summed E-state index contributed by atoms with van der Waals surface area (Å²) in [4.78, 5) is 0. The molecule has 234 valence electrons. The van der Waals surface area contributed by atoms with E-state index in [4.69, 9.17) is 33.2 Å². The molecule has 14 nitrogen and oxygen atoms in total. The summed E-state index contributed by atoms with van der Waals surface area (Å²) in [5.41, 5.74) is 1.01. The molecule has 0 saturated carbocycles. The van der Waals surface area contributed by atoms with E-state index in [0.717, 1.165) is 0 Å². The number of aromatic hydroxyl groups is 2. The maximum atomic E-state index is 10.6. The van der Waals surface area contributed by atoms with Crippen molar-refractivity contribution < 1.29 is 68.9 Å². The van der Waals surface area contributed by atoms with Crippen molar-refractivity contribution in [1.29, 1.82) is 0 Å². The number of benzene rings is 2. The third-order valence-electron chi connectivity index (χ3n) is 7.79. The van der Waals surface area contributed by atoms with Crippen molar-refractivity contribution in [2.45, 2.75) is 42.9 Å². The molecule has 4 rings (SSSR count). The van der Waals surface area contributed by atoms with Gasteiger partial charge in [-0.15, -0.1) is 0 Å². The van der Waals surface area contributed by atoms with Crippen LogP contribution in [0.2, 0.25) is 0 Å². The molecule has 0 spiro atoms. The summed E-state index contributed by atoms with van der Waals surface area (Å²) in [6.07, 6.45) is -9.03. The third kappa shape index (κ3) is 5.89. The smallest absolute Gasteiger partial charge is 0.200 e. The van der Waals surface area contributed by atoms with Crippen LogP contribution in [0.4, 0.5) is 0 Å². The molecule has 2 aromatic carbocycles. The maximum Gasteiger partial charge on any atom is 0.200 e. The van der Waals surface area contributed by atoms with Crippen molar-refractivity contribution >= 4 is 0 Å². The molecule has 2 fully saturated rings. The zero-order valence-electron chi connectivity index (χ0n) is 23.6. The molecule has 2 heterocycles. The zero-order chi connectivity index (χ0) is 30.7. The van der Waals surface area contributed by atoms with Gasteiger partial charge < -0.3 is 68.9 Å². The number of phenolic OH excluding ortho intramolecular Hbond substituents is 2. The van der Waals surface area contributed by atoms with Crippen LogP contribution in [0, 0.1) is 11.8 Å². The Kier molecular flexibility index (Phi) is 10.2. The van der Waals surface area contributed by atoms with E-state index >= 15 is 0 Å². The van der Waals surface area contributed by atoms with Gasteiger partial charge in [0.2, 0.25) is 11.5 Å². The van der Waals surface area contributed by atoms with E-state index in [1.165, 1.54) is 28.4 Å². The average molecular weight is 599 g/mol. The number of aliphatic hydroxyl groups is 5. The van der Waals surface area contributed by atoms with Gasteiger partial charge in [0.25, 0.3) is 0 Å². The zero-order valence-corrected chi connectivity index (χ0v) is 23.6. The van der Waals surface area contributed by atoms with E-state index in [9.17, 15) is 35.7 Å². The van der Waals surface area contributed by atoms with Gasteiger partial charge >= 0.3 is 0 Å². The molecule has 0 amide bonds. The van der Waals surface area contributed by atoms with Crippen LogP contribution in [0.1, 0.15) is 23.3 Å². The Labute approximate surface area is 242 Å². The Morgan fingerprint density at radius 3 is 1.48 bits per heavy atom. The summed E-state index contributed by atoms with van der Waals surface area (Å²) in [7, 11) is 5.52. The van der Waals surface area contributed by atoms with E-state index in [-0.39, 0.29) is 47.7 Å². The second kappa shape index (κ2) is 13.5. The second-order valence-electron chi connectivity index (χ2n) is 10.1. The Morgan fingerprint density at radius 1 is 0.619 bits per heavy atom. The number of phenols is 2. The Bertz CT molecular complexity index is 1160. The minimum absolute atomic E-state index is 0.110. The summed E-state index contributed by atoms with van der Waals surface area (Å²) in [5, 5.41) is 71.9. The molecule has 0 unspecified atom stereocenters. The average Bonchev–Trinajstić information content (AvgIpc) is 3.38. The number of methoxy groups -OCH3 is 4. The predicted molar refractivity (Wildman–Crippen MR) is 143 cm³/mol. The molecule has 0 bridgehead atoms. The first-order valence-electron chi connectivity index (χ1n) is 13.2. The van der Waals surface area contributed by atoms with Crippen LogP contribution in [0.3, 0.4) is 0 Å². The lowest BCUT2D eigenvalue weighted by Gasteiger charge is -2.40. The van der Waals surface area contributed by atoms with Gasteiger partial charge in [0.1, 0.15) is 24.4 Å². The van der Waals surface area contributed by atoms with E-state index in [2.05, 4.69) is 0 Å². The van der Waals surface area contributed by atoms with Gasteiger partial charge in [-0.05, 0) is 35.4 Å². The van der Waals surface area contributed by atoms with Crippen LogP contribution >= 0.6 is 0 Å². The first-order valence-corrected chi connectivity index (χ1v) is 13.2. The van der Waals surface area contributed by atoms with Crippen LogP contribution < -0.4 is 18.9 Å². The maximum absolute atomic E-state index is 10.6. The summed E-state index contributed by atoms with van der Waals surface area (Å²) < 4.78 is 39.2. The first-order chi connectivity index (χ1) is 20.1. The number of ether oxygens (including phenoxy) is 7. The van der Waals surface area contributed by atoms with E-state index in [1.54, 1.807) is 24.3 Å².